The van der Waals surface area contributed by atoms with Crippen LogP contribution in [0.5, 0.6) is 0 Å². The van der Waals surface area contributed by atoms with Crippen molar-refractivity contribution in [2.75, 3.05) is 52.5 Å². The number of hydrogen-bond donors (Lipinski definition) is 0. The number of nitrogens with zero attached hydrogens (tertiary/aromatic N) is 2. The average Bonchev–Trinajstić information content (AvgIpc) is 3.01. The topological polar surface area (TPSA) is 42.0 Å². The van der Waals surface area contributed by atoms with Gasteiger partial charge < -0.3 is 19.3 Å². The first-order valence-corrected chi connectivity index (χ1v) is 10.1. The molecular formula is C22H30N2O3. The van der Waals surface area contributed by atoms with E-state index in [0.29, 0.717) is 32.1 Å². The lowest BCUT2D eigenvalue weighted by molar-refractivity contribution is -0.127. The van der Waals surface area contributed by atoms with Crippen LogP contribution in [0, 0.1) is 5.41 Å². The predicted molar refractivity (Wildman–Crippen MR) is 105 cm³/mol. The number of ether oxygens (including phenoxy) is 2. The van der Waals surface area contributed by atoms with E-state index in [-0.39, 0.29) is 11.5 Å². The van der Waals surface area contributed by atoms with E-state index in [1.807, 2.05) is 23.1 Å². The molecule has 27 heavy (non-hydrogen) atoms. The van der Waals surface area contributed by atoms with Gasteiger partial charge in [0.25, 0.3) is 0 Å². The number of benzene rings is 1. The number of rotatable bonds is 5. The molecule has 0 aliphatic carbocycles. The molecule has 1 amide bonds. The van der Waals surface area contributed by atoms with Crippen molar-refractivity contribution in [1.82, 2.24) is 9.80 Å². The lowest BCUT2D eigenvalue weighted by Gasteiger charge is -2.40. The number of hydrogen-bond acceptors (Lipinski definition) is 4. The number of carbonyl (C=O) groups is 1. The van der Waals surface area contributed by atoms with Crippen molar-refractivity contribution < 1.29 is 14.3 Å². The van der Waals surface area contributed by atoms with Crippen LogP contribution in [-0.2, 0) is 14.3 Å². The number of likely N-dealkylation sites (tertiary alicyclic amines) is 2. The van der Waals surface area contributed by atoms with Crippen LogP contribution in [0.25, 0.3) is 6.08 Å². The summed E-state index contributed by atoms with van der Waals surface area (Å²) in [5.41, 5.74) is 1.36. The van der Waals surface area contributed by atoms with E-state index >= 15 is 0 Å². The molecule has 5 nitrogen and oxygen atoms in total. The Morgan fingerprint density at radius 1 is 1.15 bits per heavy atom. The van der Waals surface area contributed by atoms with Crippen molar-refractivity contribution in [3.8, 4) is 0 Å². The highest BCUT2D eigenvalue weighted by atomic mass is 16.6. The lowest BCUT2D eigenvalue weighted by atomic mass is 9.77. The Kier molecular flexibility index (Phi) is 5.91. The van der Waals surface area contributed by atoms with Crippen molar-refractivity contribution in [3.05, 3.63) is 42.0 Å². The summed E-state index contributed by atoms with van der Waals surface area (Å²) < 4.78 is 11.3. The molecule has 146 valence electrons. The summed E-state index contributed by atoms with van der Waals surface area (Å²) in [5, 5.41) is 0. The second-order valence-electron chi connectivity index (χ2n) is 8.13. The highest BCUT2D eigenvalue weighted by molar-refractivity contribution is 5.79. The van der Waals surface area contributed by atoms with Crippen LogP contribution >= 0.6 is 0 Å². The van der Waals surface area contributed by atoms with Gasteiger partial charge in [0.05, 0.1) is 25.9 Å². The normalized spacial score (nSPS) is 26.3. The fourth-order valence-corrected chi connectivity index (χ4v) is 4.50. The van der Waals surface area contributed by atoms with Crippen molar-refractivity contribution in [2.45, 2.75) is 25.4 Å². The molecule has 0 bridgehead atoms. The maximum atomic E-state index is 12.5. The summed E-state index contributed by atoms with van der Waals surface area (Å²) in [7, 11) is 0. The van der Waals surface area contributed by atoms with Gasteiger partial charge in [-0.15, -0.1) is 0 Å². The maximum Gasteiger partial charge on any atom is 0.223 e. The van der Waals surface area contributed by atoms with Crippen LogP contribution in [0.2, 0.25) is 0 Å². The van der Waals surface area contributed by atoms with E-state index < -0.39 is 0 Å². The summed E-state index contributed by atoms with van der Waals surface area (Å²) in [6.45, 7) is 6.82. The molecule has 0 N–H and O–H groups in total. The predicted octanol–water partition coefficient (Wildman–Crippen LogP) is 2.43. The molecule has 3 fully saturated rings. The highest BCUT2D eigenvalue weighted by Crippen LogP contribution is 2.41. The van der Waals surface area contributed by atoms with Gasteiger partial charge in [0.1, 0.15) is 0 Å². The van der Waals surface area contributed by atoms with Crippen molar-refractivity contribution in [1.29, 1.82) is 0 Å². The van der Waals surface area contributed by atoms with Gasteiger partial charge in [-0.05, 0) is 36.9 Å². The van der Waals surface area contributed by atoms with Gasteiger partial charge in [-0.25, -0.2) is 0 Å². The minimum Gasteiger partial charge on any atom is -0.376 e. The second kappa shape index (κ2) is 8.55. The Hall–Kier alpha value is -1.69. The molecule has 0 saturated carbocycles. The van der Waals surface area contributed by atoms with Gasteiger partial charge in [-0.2, -0.15) is 0 Å². The number of amides is 1. The Morgan fingerprint density at radius 2 is 1.96 bits per heavy atom. The summed E-state index contributed by atoms with van der Waals surface area (Å²) in [4.78, 5) is 17.0. The van der Waals surface area contributed by atoms with E-state index in [1.54, 1.807) is 0 Å². The third-order valence-electron chi connectivity index (χ3n) is 6.10. The van der Waals surface area contributed by atoms with Gasteiger partial charge >= 0.3 is 0 Å². The number of carbonyl (C=O) groups excluding carboxylic acids is 1. The first-order chi connectivity index (χ1) is 13.2. The molecule has 0 radical (unpaired) electrons. The molecule has 3 saturated heterocycles. The standard InChI is InChI=1S/C22H30N2O3/c25-21-15-22(18-24(21)10-4-7-19-5-2-1-3-6-19)8-11-23(12-9-22)16-20-17-26-13-14-27-20/h1-7,20H,8-18H2/b7-4+. The van der Waals surface area contributed by atoms with Crippen molar-refractivity contribution in [3.63, 3.8) is 0 Å². The summed E-state index contributed by atoms with van der Waals surface area (Å²) in [6.07, 6.45) is 7.34. The largest absolute Gasteiger partial charge is 0.376 e. The van der Waals surface area contributed by atoms with Crippen LogP contribution in [0.1, 0.15) is 24.8 Å². The van der Waals surface area contributed by atoms with Gasteiger partial charge in [0.15, 0.2) is 0 Å². The second-order valence-corrected chi connectivity index (χ2v) is 8.13. The Morgan fingerprint density at radius 3 is 2.70 bits per heavy atom. The SMILES string of the molecule is O=C1CC2(CCN(CC3COCCO3)CC2)CN1C/C=C/c1ccccc1. The van der Waals surface area contributed by atoms with Gasteiger partial charge in [-0.1, -0.05) is 42.5 Å². The number of piperidine rings is 1. The zero-order valence-corrected chi connectivity index (χ0v) is 16.0. The highest BCUT2D eigenvalue weighted by Gasteiger charge is 2.44. The Bertz CT molecular complexity index is 647. The first kappa shape index (κ1) is 18.7. The fraction of sp³-hybridized carbons (Fsp3) is 0.591. The first-order valence-electron chi connectivity index (χ1n) is 10.1. The van der Waals surface area contributed by atoms with E-state index in [4.69, 9.17) is 9.47 Å². The maximum absolute atomic E-state index is 12.5. The molecule has 1 aromatic rings. The van der Waals surface area contributed by atoms with Crippen LogP contribution in [0.4, 0.5) is 0 Å². The van der Waals surface area contributed by atoms with Crippen molar-refractivity contribution >= 4 is 12.0 Å². The minimum atomic E-state index is 0.179. The third-order valence-corrected chi connectivity index (χ3v) is 6.10. The molecule has 3 heterocycles. The quantitative estimate of drug-likeness (QED) is 0.798. The van der Waals surface area contributed by atoms with Crippen LogP contribution in [-0.4, -0.2) is 74.4 Å². The molecule has 1 spiro atoms. The molecule has 1 atom stereocenters. The molecule has 3 aliphatic heterocycles. The lowest BCUT2D eigenvalue weighted by Crippen LogP contribution is -2.46. The van der Waals surface area contributed by atoms with E-state index in [2.05, 4.69) is 29.2 Å². The van der Waals surface area contributed by atoms with Gasteiger partial charge in [0.2, 0.25) is 5.91 Å². The van der Waals surface area contributed by atoms with Crippen LogP contribution < -0.4 is 0 Å². The smallest absolute Gasteiger partial charge is 0.223 e. The molecular weight excluding hydrogens is 340 g/mol. The molecule has 4 rings (SSSR count). The van der Waals surface area contributed by atoms with Crippen LogP contribution in [0.3, 0.4) is 0 Å². The zero-order chi connectivity index (χ0) is 18.5. The molecule has 1 aromatic carbocycles. The van der Waals surface area contributed by atoms with Gasteiger partial charge in [0, 0.05) is 26.1 Å². The van der Waals surface area contributed by atoms with E-state index in [0.717, 1.165) is 45.6 Å². The van der Waals surface area contributed by atoms with Crippen LogP contribution in [0.15, 0.2) is 36.4 Å². The van der Waals surface area contributed by atoms with Crippen molar-refractivity contribution in [2.24, 2.45) is 5.41 Å². The van der Waals surface area contributed by atoms with Gasteiger partial charge in [-0.3, -0.25) is 4.79 Å². The van der Waals surface area contributed by atoms with E-state index in [1.165, 1.54) is 5.56 Å². The Labute approximate surface area is 161 Å². The summed E-state index contributed by atoms with van der Waals surface area (Å²) in [6, 6.07) is 10.3. The monoisotopic (exact) mass is 370 g/mol. The molecule has 1 unspecified atom stereocenters. The zero-order valence-electron chi connectivity index (χ0n) is 16.0. The average molecular weight is 370 g/mol. The molecule has 3 aliphatic rings. The Balaban J connectivity index is 1.25. The third kappa shape index (κ3) is 4.78. The summed E-state index contributed by atoms with van der Waals surface area (Å²) in [5.74, 6) is 0.310. The minimum absolute atomic E-state index is 0.179. The summed E-state index contributed by atoms with van der Waals surface area (Å²) >= 11 is 0. The molecule has 0 aromatic heterocycles. The van der Waals surface area contributed by atoms with E-state index in [9.17, 15) is 4.79 Å². The fourth-order valence-electron chi connectivity index (χ4n) is 4.50. The molecule has 5 heteroatoms.